The van der Waals surface area contributed by atoms with Crippen LogP contribution in [0, 0.1) is 17.7 Å². The maximum Gasteiger partial charge on any atom is 0.253 e. The normalized spacial score (nSPS) is 23.5. The SMILES string of the molecule is O=C(c1ccncc1)N1C[C@@H]2CN(Cc3ccccc3F)C[C@H]2C1. The Labute approximate surface area is 140 Å². The van der Waals surface area contributed by atoms with E-state index in [9.17, 15) is 9.18 Å². The van der Waals surface area contributed by atoms with E-state index in [-0.39, 0.29) is 11.7 Å². The molecule has 0 N–H and O–H groups in total. The van der Waals surface area contributed by atoms with Crippen LogP contribution in [-0.4, -0.2) is 46.9 Å². The fourth-order valence-corrected chi connectivity index (χ4v) is 3.93. The van der Waals surface area contributed by atoms with Crippen molar-refractivity contribution in [1.29, 1.82) is 0 Å². The minimum Gasteiger partial charge on any atom is -0.338 e. The van der Waals surface area contributed by atoms with Gasteiger partial charge in [-0.2, -0.15) is 0 Å². The van der Waals surface area contributed by atoms with Gasteiger partial charge in [0.15, 0.2) is 0 Å². The van der Waals surface area contributed by atoms with Gasteiger partial charge in [-0.15, -0.1) is 0 Å². The van der Waals surface area contributed by atoms with Gasteiger partial charge in [0, 0.05) is 56.2 Å². The van der Waals surface area contributed by atoms with Crippen LogP contribution < -0.4 is 0 Å². The van der Waals surface area contributed by atoms with Gasteiger partial charge in [0.25, 0.3) is 5.91 Å². The highest BCUT2D eigenvalue weighted by molar-refractivity contribution is 5.94. The molecule has 2 aliphatic heterocycles. The Morgan fingerprint density at radius 1 is 1.04 bits per heavy atom. The van der Waals surface area contributed by atoms with Crippen LogP contribution in [0.25, 0.3) is 0 Å². The first kappa shape index (κ1) is 15.3. The lowest BCUT2D eigenvalue weighted by molar-refractivity contribution is 0.0773. The van der Waals surface area contributed by atoms with E-state index in [0.29, 0.717) is 23.9 Å². The molecule has 0 aliphatic carbocycles. The van der Waals surface area contributed by atoms with Crippen LogP contribution in [0.2, 0.25) is 0 Å². The molecule has 0 unspecified atom stereocenters. The Kier molecular flexibility index (Phi) is 4.02. The zero-order valence-corrected chi connectivity index (χ0v) is 13.4. The summed E-state index contributed by atoms with van der Waals surface area (Å²) in [7, 11) is 0. The van der Waals surface area contributed by atoms with Crippen molar-refractivity contribution in [3.63, 3.8) is 0 Å². The van der Waals surface area contributed by atoms with Crippen molar-refractivity contribution < 1.29 is 9.18 Å². The van der Waals surface area contributed by atoms with Crippen LogP contribution in [0.1, 0.15) is 15.9 Å². The number of amides is 1. The summed E-state index contributed by atoms with van der Waals surface area (Å²) in [5, 5.41) is 0. The minimum atomic E-state index is -0.135. The first-order valence-corrected chi connectivity index (χ1v) is 8.36. The fraction of sp³-hybridized carbons (Fsp3) is 0.368. The molecule has 0 radical (unpaired) electrons. The second-order valence-corrected chi connectivity index (χ2v) is 6.75. The van der Waals surface area contributed by atoms with E-state index in [1.54, 1.807) is 30.6 Å². The first-order valence-electron chi connectivity index (χ1n) is 8.36. The maximum atomic E-state index is 13.8. The number of fused-ring (bicyclic) bond motifs is 1. The number of rotatable bonds is 3. The van der Waals surface area contributed by atoms with Gasteiger partial charge < -0.3 is 4.90 Å². The van der Waals surface area contributed by atoms with Crippen LogP contribution >= 0.6 is 0 Å². The monoisotopic (exact) mass is 325 g/mol. The van der Waals surface area contributed by atoms with Crippen molar-refractivity contribution >= 4 is 5.91 Å². The number of carbonyl (C=O) groups is 1. The molecule has 1 aromatic heterocycles. The molecule has 2 saturated heterocycles. The topological polar surface area (TPSA) is 36.4 Å². The molecule has 2 atom stereocenters. The standard InChI is InChI=1S/C19H20FN3O/c20-18-4-2-1-3-15(18)9-22-10-16-12-23(13-17(16)11-22)19(24)14-5-7-21-8-6-14/h1-8,16-17H,9-13H2/t16-,17-/m0/s1. The summed E-state index contributed by atoms with van der Waals surface area (Å²) in [5.74, 6) is 0.932. The van der Waals surface area contributed by atoms with Gasteiger partial charge in [-0.3, -0.25) is 14.7 Å². The van der Waals surface area contributed by atoms with Crippen LogP contribution in [0.15, 0.2) is 48.8 Å². The molecule has 0 saturated carbocycles. The summed E-state index contributed by atoms with van der Waals surface area (Å²) in [5.41, 5.74) is 1.45. The van der Waals surface area contributed by atoms with E-state index in [0.717, 1.165) is 31.7 Å². The number of nitrogens with zero attached hydrogens (tertiary/aromatic N) is 3. The molecule has 0 spiro atoms. The van der Waals surface area contributed by atoms with Crippen molar-refractivity contribution in [3.05, 3.63) is 65.7 Å². The fourth-order valence-electron chi connectivity index (χ4n) is 3.93. The second-order valence-electron chi connectivity index (χ2n) is 6.75. The third kappa shape index (κ3) is 2.91. The van der Waals surface area contributed by atoms with Gasteiger partial charge in [-0.1, -0.05) is 18.2 Å². The minimum absolute atomic E-state index is 0.0902. The molecule has 1 amide bonds. The van der Waals surface area contributed by atoms with E-state index in [1.165, 1.54) is 6.07 Å². The van der Waals surface area contributed by atoms with Crippen LogP contribution in [0.5, 0.6) is 0 Å². The second kappa shape index (κ2) is 6.32. The third-order valence-electron chi connectivity index (χ3n) is 5.13. The summed E-state index contributed by atoms with van der Waals surface area (Å²) >= 11 is 0. The van der Waals surface area contributed by atoms with Gasteiger partial charge in [0.1, 0.15) is 5.82 Å². The molecular formula is C19H20FN3O. The van der Waals surface area contributed by atoms with E-state index in [4.69, 9.17) is 0 Å². The van der Waals surface area contributed by atoms with Crippen molar-refractivity contribution in [2.24, 2.45) is 11.8 Å². The molecule has 5 heteroatoms. The lowest BCUT2D eigenvalue weighted by Gasteiger charge is -2.22. The maximum absolute atomic E-state index is 13.8. The van der Waals surface area contributed by atoms with Crippen LogP contribution in [0.3, 0.4) is 0 Å². The molecule has 4 rings (SSSR count). The zero-order chi connectivity index (χ0) is 16.5. The molecule has 24 heavy (non-hydrogen) atoms. The Morgan fingerprint density at radius 3 is 2.38 bits per heavy atom. The first-order chi connectivity index (χ1) is 11.7. The number of hydrogen-bond donors (Lipinski definition) is 0. The Hall–Kier alpha value is -2.27. The summed E-state index contributed by atoms with van der Waals surface area (Å²) in [6.07, 6.45) is 3.31. The van der Waals surface area contributed by atoms with Crippen molar-refractivity contribution in [3.8, 4) is 0 Å². The summed E-state index contributed by atoms with van der Waals surface area (Å²) in [6.45, 7) is 4.09. The van der Waals surface area contributed by atoms with Crippen LogP contribution in [0.4, 0.5) is 4.39 Å². The average molecular weight is 325 g/mol. The Balaban J connectivity index is 1.37. The number of hydrogen-bond acceptors (Lipinski definition) is 3. The number of carbonyl (C=O) groups excluding carboxylic acids is 1. The smallest absolute Gasteiger partial charge is 0.253 e. The van der Waals surface area contributed by atoms with Gasteiger partial charge in [-0.25, -0.2) is 4.39 Å². The average Bonchev–Trinajstić information content (AvgIpc) is 3.15. The zero-order valence-electron chi connectivity index (χ0n) is 13.4. The van der Waals surface area contributed by atoms with Gasteiger partial charge in [0.05, 0.1) is 0 Å². The summed E-state index contributed by atoms with van der Waals surface area (Å²) in [4.78, 5) is 20.7. The third-order valence-corrected chi connectivity index (χ3v) is 5.13. The van der Waals surface area contributed by atoms with Crippen molar-refractivity contribution in [1.82, 2.24) is 14.8 Å². The quantitative estimate of drug-likeness (QED) is 0.870. The van der Waals surface area contributed by atoms with E-state index in [2.05, 4.69) is 9.88 Å². The highest BCUT2D eigenvalue weighted by Crippen LogP contribution is 2.32. The molecule has 2 fully saturated rings. The molecule has 4 nitrogen and oxygen atoms in total. The highest BCUT2D eigenvalue weighted by Gasteiger charge is 2.41. The van der Waals surface area contributed by atoms with Crippen molar-refractivity contribution in [2.45, 2.75) is 6.54 Å². The van der Waals surface area contributed by atoms with Crippen molar-refractivity contribution in [2.75, 3.05) is 26.2 Å². The molecule has 3 heterocycles. The Bertz CT molecular complexity index is 722. The lowest BCUT2D eigenvalue weighted by atomic mass is 10.0. The predicted molar refractivity (Wildman–Crippen MR) is 88.8 cm³/mol. The van der Waals surface area contributed by atoms with E-state index in [1.807, 2.05) is 17.0 Å². The van der Waals surface area contributed by atoms with Gasteiger partial charge in [0.2, 0.25) is 0 Å². The van der Waals surface area contributed by atoms with Gasteiger partial charge >= 0.3 is 0 Å². The largest absolute Gasteiger partial charge is 0.338 e. The molecule has 2 aliphatic rings. The van der Waals surface area contributed by atoms with Crippen LogP contribution in [-0.2, 0) is 6.54 Å². The molecule has 2 aromatic rings. The lowest BCUT2D eigenvalue weighted by Crippen LogP contribution is -2.33. The number of halogens is 1. The molecule has 1 aromatic carbocycles. The highest BCUT2D eigenvalue weighted by atomic mass is 19.1. The molecule has 124 valence electrons. The van der Waals surface area contributed by atoms with E-state index < -0.39 is 0 Å². The molecule has 0 bridgehead atoms. The summed E-state index contributed by atoms with van der Waals surface area (Å²) < 4.78 is 13.8. The molecular weight excluding hydrogens is 305 g/mol. The Morgan fingerprint density at radius 2 is 1.71 bits per heavy atom. The summed E-state index contributed by atoms with van der Waals surface area (Å²) in [6, 6.07) is 10.5. The number of pyridine rings is 1. The van der Waals surface area contributed by atoms with Gasteiger partial charge in [-0.05, 0) is 30.0 Å². The number of likely N-dealkylation sites (tertiary alicyclic amines) is 2. The number of aromatic nitrogens is 1. The van der Waals surface area contributed by atoms with E-state index >= 15 is 0 Å². The predicted octanol–water partition coefficient (Wildman–Crippen LogP) is 2.42. The number of benzene rings is 1.